The summed E-state index contributed by atoms with van der Waals surface area (Å²) in [7, 11) is 2.83. The normalized spacial score (nSPS) is 11.0. The summed E-state index contributed by atoms with van der Waals surface area (Å²) in [5.41, 5.74) is -4.18. The highest BCUT2D eigenvalue weighted by Gasteiger charge is 2.29. The molecule has 0 aliphatic carbocycles. The summed E-state index contributed by atoms with van der Waals surface area (Å²) in [5, 5.41) is 2.34. The predicted molar refractivity (Wildman–Crippen MR) is 66.7 cm³/mol. The van der Waals surface area contributed by atoms with Crippen molar-refractivity contribution >= 4 is 23.4 Å². The molecule has 0 aromatic heterocycles. The molecule has 0 atom stereocenters. The molecule has 0 aliphatic heterocycles. The van der Waals surface area contributed by atoms with E-state index in [4.69, 9.17) is 9.47 Å². The fourth-order valence-electron chi connectivity index (χ4n) is 1.25. The largest absolute Gasteiger partial charge is 0.497 e. The number of benzene rings is 1. The Balaban J connectivity index is 2.72. The minimum absolute atomic E-state index is 0.259. The van der Waals surface area contributed by atoms with Crippen molar-refractivity contribution in [3.63, 3.8) is 0 Å². The number of thioether (sulfide) groups is 1. The molecule has 0 radical (unpaired) electrons. The molecule has 106 valence electrons. The van der Waals surface area contributed by atoms with Gasteiger partial charge in [-0.1, -0.05) is 0 Å². The Morgan fingerprint density at radius 3 is 2.53 bits per heavy atom. The maximum atomic E-state index is 12.0. The number of halogens is 3. The van der Waals surface area contributed by atoms with Crippen LogP contribution in [0.25, 0.3) is 0 Å². The van der Waals surface area contributed by atoms with Gasteiger partial charge in [0.25, 0.3) is 0 Å². The summed E-state index contributed by atoms with van der Waals surface area (Å²) < 4.78 is 45.8. The number of anilines is 1. The first-order chi connectivity index (χ1) is 8.85. The Labute approximate surface area is 112 Å². The molecule has 1 aromatic carbocycles. The van der Waals surface area contributed by atoms with Crippen molar-refractivity contribution < 1.29 is 27.4 Å². The van der Waals surface area contributed by atoms with E-state index in [1.807, 2.05) is 0 Å². The summed E-state index contributed by atoms with van der Waals surface area (Å²) in [5.74, 6) is -0.691. The van der Waals surface area contributed by atoms with Crippen molar-refractivity contribution in [2.45, 2.75) is 5.51 Å². The van der Waals surface area contributed by atoms with Crippen molar-refractivity contribution in [1.82, 2.24) is 0 Å². The standard InChI is InChI=1S/C11H12F3NO3S/c1-17-7-3-4-9(18-2)8(5-7)15-10(16)6-19-11(12,13)14/h3-5H,6H2,1-2H3,(H,15,16). The number of amides is 1. The van der Waals surface area contributed by atoms with Crippen LogP contribution in [0.4, 0.5) is 18.9 Å². The lowest BCUT2D eigenvalue weighted by Gasteiger charge is -2.12. The van der Waals surface area contributed by atoms with Crippen molar-refractivity contribution in [2.75, 3.05) is 25.3 Å². The Bertz CT molecular complexity index is 451. The van der Waals surface area contributed by atoms with Gasteiger partial charge in [0.15, 0.2) is 0 Å². The van der Waals surface area contributed by atoms with E-state index in [1.54, 1.807) is 12.1 Å². The van der Waals surface area contributed by atoms with Crippen molar-refractivity contribution in [3.05, 3.63) is 18.2 Å². The smallest absolute Gasteiger partial charge is 0.442 e. The molecule has 0 spiro atoms. The van der Waals surface area contributed by atoms with Gasteiger partial charge in [0.05, 0.1) is 25.7 Å². The molecule has 0 fully saturated rings. The summed E-state index contributed by atoms with van der Waals surface area (Å²) >= 11 is -0.400. The second-order valence-corrected chi connectivity index (χ2v) is 4.39. The third-order valence-corrected chi connectivity index (χ3v) is 2.78. The zero-order chi connectivity index (χ0) is 14.5. The lowest BCUT2D eigenvalue weighted by molar-refractivity contribution is -0.114. The van der Waals surface area contributed by atoms with E-state index in [1.165, 1.54) is 20.3 Å². The van der Waals surface area contributed by atoms with E-state index in [0.717, 1.165) is 0 Å². The predicted octanol–water partition coefficient (Wildman–Crippen LogP) is 2.90. The first kappa shape index (κ1) is 15.5. The molecule has 0 heterocycles. The SMILES string of the molecule is COc1ccc(OC)c(NC(=O)CSC(F)(F)F)c1. The minimum atomic E-state index is -4.43. The third kappa shape index (κ3) is 5.29. The van der Waals surface area contributed by atoms with Crippen LogP contribution in [0, 0.1) is 0 Å². The van der Waals surface area contributed by atoms with Crippen LogP contribution in [0.15, 0.2) is 18.2 Å². The first-order valence-corrected chi connectivity index (χ1v) is 6.07. The van der Waals surface area contributed by atoms with E-state index < -0.39 is 28.9 Å². The highest BCUT2D eigenvalue weighted by molar-refractivity contribution is 8.00. The fourth-order valence-corrected chi connectivity index (χ4v) is 1.61. The number of rotatable bonds is 5. The lowest BCUT2D eigenvalue weighted by Crippen LogP contribution is -2.17. The molecule has 1 aromatic rings. The number of nitrogens with one attached hydrogen (secondary N) is 1. The van der Waals surface area contributed by atoms with E-state index in [2.05, 4.69) is 5.32 Å². The average molecular weight is 295 g/mol. The van der Waals surface area contributed by atoms with Crippen molar-refractivity contribution in [1.29, 1.82) is 0 Å². The molecule has 1 rings (SSSR count). The average Bonchev–Trinajstić information content (AvgIpc) is 2.35. The van der Waals surface area contributed by atoms with Gasteiger partial charge in [-0.3, -0.25) is 4.79 Å². The lowest BCUT2D eigenvalue weighted by atomic mass is 10.2. The van der Waals surface area contributed by atoms with Crippen LogP contribution in [0.5, 0.6) is 11.5 Å². The van der Waals surface area contributed by atoms with Gasteiger partial charge in [-0.25, -0.2) is 0 Å². The number of hydrogen-bond donors (Lipinski definition) is 1. The van der Waals surface area contributed by atoms with E-state index >= 15 is 0 Å². The Morgan fingerprint density at radius 2 is 2.00 bits per heavy atom. The van der Waals surface area contributed by atoms with Crippen LogP contribution in [-0.4, -0.2) is 31.4 Å². The Hall–Kier alpha value is -1.57. The summed E-state index contributed by atoms with van der Waals surface area (Å²) in [6, 6.07) is 4.62. The fraction of sp³-hybridized carbons (Fsp3) is 0.364. The minimum Gasteiger partial charge on any atom is -0.497 e. The number of hydrogen-bond acceptors (Lipinski definition) is 4. The summed E-state index contributed by atoms with van der Waals surface area (Å²) in [6.07, 6.45) is 0. The van der Waals surface area contributed by atoms with Crippen LogP contribution in [0.1, 0.15) is 0 Å². The second kappa shape index (κ2) is 6.55. The van der Waals surface area contributed by atoms with Crippen LogP contribution < -0.4 is 14.8 Å². The molecule has 0 unspecified atom stereocenters. The molecule has 1 amide bonds. The Morgan fingerprint density at radius 1 is 1.32 bits per heavy atom. The number of ether oxygens (including phenoxy) is 2. The van der Waals surface area contributed by atoms with Crippen LogP contribution in [0.2, 0.25) is 0 Å². The molecule has 4 nitrogen and oxygen atoms in total. The first-order valence-electron chi connectivity index (χ1n) is 5.08. The van der Waals surface area contributed by atoms with Gasteiger partial charge in [-0.15, -0.1) is 0 Å². The number of carbonyl (C=O) groups excluding carboxylic acids is 1. The van der Waals surface area contributed by atoms with Gasteiger partial charge in [-0.2, -0.15) is 13.2 Å². The van der Waals surface area contributed by atoms with Gasteiger partial charge in [0.1, 0.15) is 11.5 Å². The van der Waals surface area contributed by atoms with Gasteiger partial charge in [0.2, 0.25) is 5.91 Å². The monoisotopic (exact) mass is 295 g/mol. The molecule has 0 saturated heterocycles. The maximum absolute atomic E-state index is 12.0. The molecular formula is C11H12F3NO3S. The third-order valence-electron chi connectivity index (χ3n) is 2.05. The van der Waals surface area contributed by atoms with Crippen LogP contribution in [-0.2, 0) is 4.79 Å². The second-order valence-electron chi connectivity index (χ2n) is 3.35. The summed E-state index contributed by atoms with van der Waals surface area (Å²) in [6.45, 7) is 0. The molecule has 8 heteroatoms. The number of alkyl halides is 3. The van der Waals surface area contributed by atoms with Gasteiger partial charge < -0.3 is 14.8 Å². The molecule has 0 aliphatic rings. The highest BCUT2D eigenvalue weighted by Crippen LogP contribution is 2.31. The molecule has 0 bridgehead atoms. The van der Waals surface area contributed by atoms with E-state index in [-0.39, 0.29) is 5.69 Å². The maximum Gasteiger partial charge on any atom is 0.442 e. The molecule has 1 N–H and O–H groups in total. The van der Waals surface area contributed by atoms with Crippen molar-refractivity contribution in [2.24, 2.45) is 0 Å². The van der Waals surface area contributed by atoms with Crippen molar-refractivity contribution in [3.8, 4) is 11.5 Å². The van der Waals surface area contributed by atoms with Crippen LogP contribution >= 0.6 is 11.8 Å². The number of methoxy groups -OCH3 is 2. The highest BCUT2D eigenvalue weighted by atomic mass is 32.2. The van der Waals surface area contributed by atoms with Gasteiger partial charge in [-0.05, 0) is 23.9 Å². The topological polar surface area (TPSA) is 47.6 Å². The zero-order valence-corrected chi connectivity index (χ0v) is 11.0. The van der Waals surface area contributed by atoms with Gasteiger partial charge in [0, 0.05) is 6.07 Å². The molecule has 19 heavy (non-hydrogen) atoms. The zero-order valence-electron chi connectivity index (χ0n) is 10.2. The Kier molecular flexibility index (Phi) is 5.34. The molecular weight excluding hydrogens is 283 g/mol. The summed E-state index contributed by atoms with van der Waals surface area (Å²) in [4.78, 5) is 11.4. The molecule has 0 saturated carbocycles. The van der Waals surface area contributed by atoms with E-state index in [0.29, 0.717) is 11.5 Å². The van der Waals surface area contributed by atoms with E-state index in [9.17, 15) is 18.0 Å². The van der Waals surface area contributed by atoms with Crippen LogP contribution in [0.3, 0.4) is 0 Å². The number of carbonyl (C=O) groups is 1. The quantitative estimate of drug-likeness (QED) is 0.907. The van der Waals surface area contributed by atoms with Gasteiger partial charge >= 0.3 is 5.51 Å².